The summed E-state index contributed by atoms with van der Waals surface area (Å²) in [6, 6.07) is 10.5. The maximum Gasteiger partial charge on any atom is 0.119 e. The fourth-order valence-electron chi connectivity index (χ4n) is 2.67. The van der Waals surface area contributed by atoms with E-state index in [0.29, 0.717) is 0 Å². The Morgan fingerprint density at radius 2 is 2.05 bits per heavy atom. The van der Waals surface area contributed by atoms with Crippen molar-refractivity contribution in [2.75, 3.05) is 13.7 Å². The van der Waals surface area contributed by atoms with E-state index < -0.39 is 0 Å². The molecule has 1 heterocycles. The van der Waals surface area contributed by atoms with Crippen LogP contribution in [0.3, 0.4) is 0 Å². The standard InChI is InChI=1S/C18H24N2O/c1-5-14-8-7-11-20-17(14)18(19-6-2)16-10-9-15(21-4)12-13(16)3/h7-12,18-19H,5-6H2,1-4H3. The molecule has 3 heteroatoms. The van der Waals surface area contributed by atoms with E-state index in [9.17, 15) is 0 Å². The van der Waals surface area contributed by atoms with Crippen molar-refractivity contribution in [1.82, 2.24) is 10.3 Å². The molecular formula is C18H24N2O. The molecule has 3 nitrogen and oxygen atoms in total. The number of hydrogen-bond acceptors (Lipinski definition) is 3. The van der Waals surface area contributed by atoms with E-state index in [-0.39, 0.29) is 6.04 Å². The molecule has 0 saturated heterocycles. The molecule has 0 saturated carbocycles. The van der Waals surface area contributed by atoms with Gasteiger partial charge < -0.3 is 10.1 Å². The summed E-state index contributed by atoms with van der Waals surface area (Å²) in [5.41, 5.74) is 4.88. The molecule has 0 fully saturated rings. The molecule has 0 amide bonds. The van der Waals surface area contributed by atoms with Gasteiger partial charge in [-0.25, -0.2) is 0 Å². The number of ether oxygens (including phenoxy) is 1. The second-order valence-corrected chi connectivity index (χ2v) is 5.11. The van der Waals surface area contributed by atoms with Gasteiger partial charge in [-0.1, -0.05) is 26.0 Å². The zero-order valence-corrected chi connectivity index (χ0v) is 13.3. The van der Waals surface area contributed by atoms with Crippen LogP contribution in [0.1, 0.15) is 42.3 Å². The van der Waals surface area contributed by atoms with Crippen molar-refractivity contribution in [3.05, 3.63) is 58.9 Å². The van der Waals surface area contributed by atoms with Gasteiger partial charge in [0.05, 0.1) is 18.8 Å². The minimum Gasteiger partial charge on any atom is -0.497 e. The number of aromatic nitrogens is 1. The van der Waals surface area contributed by atoms with Crippen molar-refractivity contribution < 1.29 is 4.74 Å². The highest BCUT2D eigenvalue weighted by Gasteiger charge is 2.19. The minimum atomic E-state index is 0.122. The highest BCUT2D eigenvalue weighted by atomic mass is 16.5. The molecule has 0 spiro atoms. The van der Waals surface area contributed by atoms with Crippen molar-refractivity contribution in [1.29, 1.82) is 0 Å². The van der Waals surface area contributed by atoms with Crippen LogP contribution in [0.25, 0.3) is 0 Å². The van der Waals surface area contributed by atoms with Crippen molar-refractivity contribution in [2.45, 2.75) is 33.2 Å². The lowest BCUT2D eigenvalue weighted by atomic mass is 9.94. The van der Waals surface area contributed by atoms with Crippen molar-refractivity contribution in [3.63, 3.8) is 0 Å². The Labute approximate surface area is 127 Å². The number of benzene rings is 1. The molecule has 1 aromatic carbocycles. The number of hydrogen-bond donors (Lipinski definition) is 1. The van der Waals surface area contributed by atoms with Gasteiger partial charge in [0.2, 0.25) is 0 Å². The van der Waals surface area contributed by atoms with E-state index in [1.807, 2.05) is 18.3 Å². The number of nitrogens with zero attached hydrogens (tertiary/aromatic N) is 1. The van der Waals surface area contributed by atoms with E-state index in [1.165, 1.54) is 16.7 Å². The van der Waals surface area contributed by atoms with Gasteiger partial charge >= 0.3 is 0 Å². The van der Waals surface area contributed by atoms with Crippen LogP contribution in [-0.2, 0) is 6.42 Å². The van der Waals surface area contributed by atoms with Crippen LogP contribution in [-0.4, -0.2) is 18.6 Å². The molecule has 2 aromatic rings. The van der Waals surface area contributed by atoms with Crippen molar-refractivity contribution in [3.8, 4) is 5.75 Å². The van der Waals surface area contributed by atoms with E-state index in [4.69, 9.17) is 4.74 Å². The fraction of sp³-hybridized carbons (Fsp3) is 0.389. The lowest BCUT2D eigenvalue weighted by Gasteiger charge is -2.22. The van der Waals surface area contributed by atoms with Gasteiger partial charge in [-0.2, -0.15) is 0 Å². The molecule has 1 N–H and O–H groups in total. The van der Waals surface area contributed by atoms with Gasteiger partial charge in [-0.15, -0.1) is 0 Å². The molecule has 112 valence electrons. The summed E-state index contributed by atoms with van der Waals surface area (Å²) in [6.45, 7) is 7.32. The molecule has 0 aliphatic rings. The first kappa shape index (κ1) is 15.5. The predicted molar refractivity (Wildman–Crippen MR) is 86.9 cm³/mol. The number of pyridine rings is 1. The topological polar surface area (TPSA) is 34.1 Å². The van der Waals surface area contributed by atoms with Crippen LogP contribution in [0, 0.1) is 6.92 Å². The molecule has 0 aliphatic heterocycles. The minimum absolute atomic E-state index is 0.122. The second kappa shape index (κ2) is 7.23. The number of nitrogens with one attached hydrogen (secondary N) is 1. The SMILES string of the molecule is CCNC(c1ccc(OC)cc1C)c1ncccc1CC. The molecule has 1 aromatic heterocycles. The molecule has 2 rings (SSSR count). The van der Waals surface area contributed by atoms with E-state index in [0.717, 1.165) is 24.4 Å². The molecular weight excluding hydrogens is 260 g/mol. The summed E-state index contributed by atoms with van der Waals surface area (Å²) in [5.74, 6) is 0.892. The Bertz CT molecular complexity index is 596. The van der Waals surface area contributed by atoms with Gasteiger partial charge in [-0.05, 0) is 54.8 Å². The van der Waals surface area contributed by atoms with Crippen LogP contribution in [0.2, 0.25) is 0 Å². The largest absolute Gasteiger partial charge is 0.497 e. The highest BCUT2D eigenvalue weighted by Crippen LogP contribution is 2.28. The average molecular weight is 284 g/mol. The van der Waals surface area contributed by atoms with Crippen LogP contribution in [0.5, 0.6) is 5.75 Å². The van der Waals surface area contributed by atoms with E-state index >= 15 is 0 Å². The highest BCUT2D eigenvalue weighted by molar-refractivity contribution is 5.41. The third-order valence-corrected chi connectivity index (χ3v) is 3.78. The van der Waals surface area contributed by atoms with Crippen LogP contribution in [0.4, 0.5) is 0 Å². The molecule has 0 aliphatic carbocycles. The fourth-order valence-corrected chi connectivity index (χ4v) is 2.67. The molecule has 1 unspecified atom stereocenters. The van der Waals surface area contributed by atoms with Gasteiger partial charge in [0.1, 0.15) is 5.75 Å². The normalized spacial score (nSPS) is 12.2. The summed E-state index contributed by atoms with van der Waals surface area (Å²) in [5, 5.41) is 3.56. The zero-order valence-electron chi connectivity index (χ0n) is 13.3. The lowest BCUT2D eigenvalue weighted by molar-refractivity contribution is 0.414. The molecule has 21 heavy (non-hydrogen) atoms. The summed E-state index contributed by atoms with van der Waals surface area (Å²) in [6.07, 6.45) is 2.86. The van der Waals surface area contributed by atoms with E-state index in [1.54, 1.807) is 7.11 Å². The first-order valence-corrected chi connectivity index (χ1v) is 7.52. The number of rotatable bonds is 6. The van der Waals surface area contributed by atoms with Gasteiger partial charge in [0, 0.05) is 6.20 Å². The van der Waals surface area contributed by atoms with Gasteiger partial charge in [0.15, 0.2) is 0 Å². The summed E-state index contributed by atoms with van der Waals surface area (Å²) in [7, 11) is 1.70. The van der Waals surface area contributed by atoms with Crippen molar-refractivity contribution in [2.24, 2.45) is 0 Å². The average Bonchev–Trinajstić information content (AvgIpc) is 2.53. The summed E-state index contributed by atoms with van der Waals surface area (Å²) < 4.78 is 5.30. The third-order valence-electron chi connectivity index (χ3n) is 3.78. The Balaban J connectivity index is 2.48. The zero-order chi connectivity index (χ0) is 15.2. The maximum atomic E-state index is 5.30. The number of aryl methyl sites for hydroxylation is 2. The third kappa shape index (κ3) is 3.42. The lowest BCUT2D eigenvalue weighted by Crippen LogP contribution is -2.25. The second-order valence-electron chi connectivity index (χ2n) is 5.11. The van der Waals surface area contributed by atoms with E-state index in [2.05, 4.69) is 49.3 Å². The van der Waals surface area contributed by atoms with Crippen LogP contribution in [0.15, 0.2) is 36.5 Å². The molecule has 1 atom stereocenters. The van der Waals surface area contributed by atoms with Crippen molar-refractivity contribution >= 4 is 0 Å². The quantitative estimate of drug-likeness (QED) is 0.879. The van der Waals surface area contributed by atoms with Gasteiger partial charge in [-0.3, -0.25) is 4.98 Å². The predicted octanol–water partition coefficient (Wildman–Crippen LogP) is 3.66. The molecule has 0 radical (unpaired) electrons. The monoisotopic (exact) mass is 284 g/mol. The first-order chi connectivity index (χ1) is 10.2. The Hall–Kier alpha value is -1.87. The van der Waals surface area contributed by atoms with Gasteiger partial charge in [0.25, 0.3) is 0 Å². The number of methoxy groups -OCH3 is 1. The maximum absolute atomic E-state index is 5.30. The first-order valence-electron chi connectivity index (χ1n) is 7.52. The molecule has 0 bridgehead atoms. The summed E-state index contributed by atoms with van der Waals surface area (Å²) in [4.78, 5) is 4.63. The summed E-state index contributed by atoms with van der Waals surface area (Å²) >= 11 is 0. The smallest absolute Gasteiger partial charge is 0.119 e. The van der Waals surface area contributed by atoms with Crippen LogP contribution < -0.4 is 10.1 Å². The van der Waals surface area contributed by atoms with Crippen LogP contribution >= 0.6 is 0 Å². The Kier molecular flexibility index (Phi) is 5.34. The Morgan fingerprint density at radius 3 is 2.67 bits per heavy atom. The Morgan fingerprint density at radius 1 is 1.24 bits per heavy atom.